The molecule has 2 aromatic rings. The number of guanidine groups is 1. The number of benzene rings is 1. The van der Waals surface area contributed by atoms with Gasteiger partial charge in [0.2, 0.25) is 5.91 Å². The van der Waals surface area contributed by atoms with Gasteiger partial charge >= 0.3 is 0 Å². The average Bonchev–Trinajstić information content (AvgIpc) is 3.32. The van der Waals surface area contributed by atoms with Crippen LogP contribution in [-0.4, -0.2) is 60.5 Å². The van der Waals surface area contributed by atoms with E-state index in [0.29, 0.717) is 44.2 Å². The van der Waals surface area contributed by atoms with Gasteiger partial charge in [0.15, 0.2) is 5.96 Å². The van der Waals surface area contributed by atoms with Crippen molar-refractivity contribution in [2.24, 2.45) is 4.99 Å². The number of nitrogens with zero attached hydrogens (tertiary/aromatic N) is 2. The molecule has 1 aromatic heterocycles. The van der Waals surface area contributed by atoms with E-state index in [1.807, 2.05) is 36.6 Å². The first-order chi connectivity index (χ1) is 14.9. The minimum atomic E-state index is -0.988. The Hall–Kier alpha value is -2.91. The highest BCUT2D eigenvalue weighted by Gasteiger charge is 2.24. The van der Waals surface area contributed by atoms with Gasteiger partial charge < -0.3 is 26.0 Å². The first kappa shape index (κ1) is 22.8. The molecule has 1 aromatic carbocycles. The summed E-state index contributed by atoms with van der Waals surface area (Å²) in [6.45, 7) is 6.31. The lowest BCUT2D eigenvalue weighted by molar-refractivity contribution is -0.123. The Morgan fingerprint density at radius 1 is 1.29 bits per heavy atom. The molecule has 166 valence electrons. The molecule has 0 spiro atoms. The van der Waals surface area contributed by atoms with Crippen LogP contribution in [0.1, 0.15) is 34.6 Å². The molecule has 0 aliphatic carbocycles. The van der Waals surface area contributed by atoms with Gasteiger partial charge in [0.05, 0.1) is 19.6 Å². The molecule has 9 heteroatoms. The van der Waals surface area contributed by atoms with Crippen molar-refractivity contribution in [3.8, 4) is 0 Å². The third-order valence-electron chi connectivity index (χ3n) is 4.94. The predicted molar refractivity (Wildman–Crippen MR) is 122 cm³/mol. The molecule has 3 rings (SSSR count). The minimum Gasteiger partial charge on any atom is -0.383 e. The largest absolute Gasteiger partial charge is 0.383 e. The number of carbonyl (C=O) groups excluding carboxylic acids is 2. The highest BCUT2D eigenvalue weighted by molar-refractivity contribution is 7.10. The lowest BCUT2D eigenvalue weighted by Gasteiger charge is -2.26. The van der Waals surface area contributed by atoms with Gasteiger partial charge in [0.25, 0.3) is 5.91 Å². The number of amides is 2. The van der Waals surface area contributed by atoms with Gasteiger partial charge in [-0.05, 0) is 43.0 Å². The van der Waals surface area contributed by atoms with Crippen molar-refractivity contribution in [2.45, 2.75) is 26.0 Å². The van der Waals surface area contributed by atoms with Gasteiger partial charge in [-0.3, -0.25) is 9.59 Å². The van der Waals surface area contributed by atoms with Gasteiger partial charge in [-0.25, -0.2) is 4.99 Å². The van der Waals surface area contributed by atoms with Gasteiger partial charge in [0, 0.05) is 30.1 Å². The van der Waals surface area contributed by atoms with Gasteiger partial charge in [-0.15, -0.1) is 11.3 Å². The topological polar surface area (TPSA) is 106 Å². The van der Waals surface area contributed by atoms with Crippen molar-refractivity contribution in [2.75, 3.05) is 32.7 Å². The summed E-state index contributed by atoms with van der Waals surface area (Å²) in [6, 6.07) is 11.1. The standard InChI is InChI=1S/C22H29N5O3S/c1-3-23-21(26-15-22(2,30)18-5-4-12-31-18)25-13-16-6-8-17(9-7-16)20(29)27-11-10-24-19(28)14-27/h4-9,12,30H,3,10-11,13-15H2,1-2H3,(H,24,28)(H2,23,25,26). The van der Waals surface area contributed by atoms with E-state index in [4.69, 9.17) is 0 Å². The van der Waals surface area contributed by atoms with E-state index >= 15 is 0 Å². The number of hydrogen-bond donors (Lipinski definition) is 4. The number of piperazine rings is 1. The van der Waals surface area contributed by atoms with Crippen molar-refractivity contribution >= 4 is 29.1 Å². The molecule has 2 amide bonds. The molecule has 1 unspecified atom stereocenters. The maximum atomic E-state index is 12.6. The second kappa shape index (κ2) is 10.4. The molecule has 0 radical (unpaired) electrons. The van der Waals surface area contributed by atoms with Crippen molar-refractivity contribution in [3.63, 3.8) is 0 Å². The number of carbonyl (C=O) groups is 2. The van der Waals surface area contributed by atoms with Crippen LogP contribution in [0.4, 0.5) is 0 Å². The zero-order valence-electron chi connectivity index (χ0n) is 17.9. The molecule has 2 heterocycles. The van der Waals surface area contributed by atoms with Crippen molar-refractivity contribution in [1.29, 1.82) is 0 Å². The average molecular weight is 444 g/mol. The quantitative estimate of drug-likeness (QED) is 0.381. The second-order valence-electron chi connectivity index (χ2n) is 7.57. The van der Waals surface area contributed by atoms with Crippen molar-refractivity contribution < 1.29 is 14.7 Å². The molecule has 1 saturated heterocycles. The van der Waals surface area contributed by atoms with Crippen LogP contribution >= 0.6 is 11.3 Å². The summed E-state index contributed by atoms with van der Waals surface area (Å²) in [5.41, 5.74) is 0.521. The Bertz CT molecular complexity index is 910. The first-order valence-corrected chi connectivity index (χ1v) is 11.2. The molecule has 1 fully saturated rings. The van der Waals surface area contributed by atoms with Crippen LogP contribution in [0.15, 0.2) is 46.8 Å². The molecule has 1 atom stereocenters. The molecule has 0 saturated carbocycles. The summed E-state index contributed by atoms with van der Waals surface area (Å²) in [5, 5.41) is 21.7. The van der Waals surface area contributed by atoms with Gasteiger partial charge in [-0.2, -0.15) is 0 Å². The maximum Gasteiger partial charge on any atom is 0.254 e. The summed E-state index contributed by atoms with van der Waals surface area (Å²) in [6.07, 6.45) is 0. The van der Waals surface area contributed by atoms with Crippen LogP contribution in [0.25, 0.3) is 0 Å². The third-order valence-corrected chi connectivity index (χ3v) is 6.07. The van der Waals surface area contributed by atoms with Gasteiger partial charge in [0.1, 0.15) is 5.60 Å². The molecule has 8 nitrogen and oxygen atoms in total. The monoisotopic (exact) mass is 443 g/mol. The molecule has 1 aliphatic rings. The molecule has 31 heavy (non-hydrogen) atoms. The Morgan fingerprint density at radius 2 is 2.06 bits per heavy atom. The molecule has 4 N–H and O–H groups in total. The summed E-state index contributed by atoms with van der Waals surface area (Å²) in [5.74, 6) is 0.335. The van der Waals surface area contributed by atoms with Crippen LogP contribution in [-0.2, 0) is 16.9 Å². The minimum absolute atomic E-state index is 0.0951. The Labute approximate surface area is 186 Å². The van der Waals surface area contributed by atoms with E-state index < -0.39 is 5.60 Å². The maximum absolute atomic E-state index is 12.6. The Kier molecular flexibility index (Phi) is 7.64. The SMILES string of the molecule is CCNC(=NCc1ccc(C(=O)N2CCNC(=O)C2)cc1)NCC(C)(O)c1cccs1. The van der Waals surface area contributed by atoms with Crippen molar-refractivity contribution in [3.05, 3.63) is 57.8 Å². The molecular formula is C22H29N5O3S. The molecule has 0 bridgehead atoms. The summed E-state index contributed by atoms with van der Waals surface area (Å²) >= 11 is 1.52. The van der Waals surface area contributed by atoms with E-state index in [1.54, 1.807) is 24.0 Å². The van der Waals surface area contributed by atoms with Crippen LogP contribution in [0.3, 0.4) is 0 Å². The molecule has 1 aliphatic heterocycles. The van der Waals surface area contributed by atoms with E-state index in [0.717, 1.165) is 10.4 Å². The number of nitrogens with one attached hydrogen (secondary N) is 3. The zero-order valence-corrected chi connectivity index (χ0v) is 18.7. The first-order valence-electron chi connectivity index (χ1n) is 10.3. The normalized spacial score (nSPS) is 16.4. The fraction of sp³-hybridized carbons (Fsp3) is 0.409. The fourth-order valence-electron chi connectivity index (χ4n) is 3.19. The lowest BCUT2D eigenvalue weighted by atomic mass is 10.1. The smallest absolute Gasteiger partial charge is 0.254 e. The van der Waals surface area contributed by atoms with Crippen LogP contribution < -0.4 is 16.0 Å². The number of rotatable bonds is 7. The van der Waals surface area contributed by atoms with E-state index in [-0.39, 0.29) is 18.4 Å². The molecular weight excluding hydrogens is 414 g/mol. The predicted octanol–water partition coefficient (Wildman–Crippen LogP) is 1.28. The van der Waals surface area contributed by atoms with Crippen LogP contribution in [0, 0.1) is 0 Å². The third kappa shape index (κ3) is 6.28. The van der Waals surface area contributed by atoms with Gasteiger partial charge in [-0.1, -0.05) is 18.2 Å². The highest BCUT2D eigenvalue weighted by atomic mass is 32.1. The number of aliphatic hydroxyl groups is 1. The Balaban J connectivity index is 1.59. The zero-order chi connectivity index (χ0) is 22.3. The number of thiophene rings is 1. The van der Waals surface area contributed by atoms with E-state index in [9.17, 15) is 14.7 Å². The van der Waals surface area contributed by atoms with Crippen LogP contribution in [0.5, 0.6) is 0 Å². The summed E-state index contributed by atoms with van der Waals surface area (Å²) in [4.78, 5) is 31.1. The van der Waals surface area contributed by atoms with E-state index in [1.165, 1.54) is 11.3 Å². The lowest BCUT2D eigenvalue weighted by Crippen LogP contribution is -2.49. The highest BCUT2D eigenvalue weighted by Crippen LogP contribution is 2.24. The van der Waals surface area contributed by atoms with Crippen molar-refractivity contribution in [1.82, 2.24) is 20.9 Å². The van der Waals surface area contributed by atoms with E-state index in [2.05, 4.69) is 20.9 Å². The van der Waals surface area contributed by atoms with Crippen LogP contribution in [0.2, 0.25) is 0 Å². The summed E-state index contributed by atoms with van der Waals surface area (Å²) < 4.78 is 0. The number of hydrogen-bond acceptors (Lipinski definition) is 5. The summed E-state index contributed by atoms with van der Waals surface area (Å²) in [7, 11) is 0. The fourth-order valence-corrected chi connectivity index (χ4v) is 3.97. The Morgan fingerprint density at radius 3 is 2.71 bits per heavy atom. The number of aliphatic imine (C=N–C) groups is 1. The second-order valence-corrected chi connectivity index (χ2v) is 8.52.